The number of anilines is 1. The number of fused-ring (bicyclic) bond motifs is 1. The molecular formula is C11H14BrN3O3S. The van der Waals surface area contributed by atoms with Crippen LogP contribution in [0.25, 0.3) is 0 Å². The van der Waals surface area contributed by atoms with Crippen molar-refractivity contribution in [3.8, 4) is 0 Å². The molecule has 0 radical (unpaired) electrons. The van der Waals surface area contributed by atoms with Gasteiger partial charge in [0.2, 0.25) is 15.9 Å². The minimum atomic E-state index is -3.20. The average molecular weight is 348 g/mol. The van der Waals surface area contributed by atoms with Crippen LogP contribution in [0.15, 0.2) is 22.7 Å². The molecule has 8 heteroatoms. The largest absolute Gasteiger partial charge is 0.324 e. The first kappa shape index (κ1) is 14.4. The van der Waals surface area contributed by atoms with Crippen molar-refractivity contribution in [1.82, 2.24) is 10.0 Å². The van der Waals surface area contributed by atoms with E-state index < -0.39 is 16.1 Å². The molecule has 0 aliphatic carbocycles. The number of carbonyl (C=O) groups excluding carboxylic acids is 1. The Morgan fingerprint density at radius 1 is 1.37 bits per heavy atom. The lowest BCUT2D eigenvalue weighted by Gasteiger charge is -2.11. The molecule has 1 aromatic rings. The molecule has 1 heterocycles. The molecule has 1 aromatic carbocycles. The van der Waals surface area contributed by atoms with Crippen LogP contribution in [0.3, 0.4) is 0 Å². The number of halogens is 1. The van der Waals surface area contributed by atoms with Gasteiger partial charge < -0.3 is 10.6 Å². The van der Waals surface area contributed by atoms with Crippen LogP contribution in [0.2, 0.25) is 0 Å². The SMILES string of the molecule is CS(=O)(=O)NCCNC1C(=O)Nc2ccc(Br)cc21. The maximum Gasteiger partial charge on any atom is 0.246 e. The van der Waals surface area contributed by atoms with Gasteiger partial charge in [-0.05, 0) is 18.2 Å². The van der Waals surface area contributed by atoms with Crippen molar-refractivity contribution in [3.63, 3.8) is 0 Å². The third-order valence-electron chi connectivity index (χ3n) is 2.68. The fourth-order valence-corrected chi connectivity index (χ4v) is 2.74. The van der Waals surface area contributed by atoms with Crippen LogP contribution in [0.1, 0.15) is 11.6 Å². The Balaban J connectivity index is 1.98. The topological polar surface area (TPSA) is 87.3 Å². The molecular weight excluding hydrogens is 334 g/mol. The lowest BCUT2D eigenvalue weighted by Crippen LogP contribution is -2.35. The molecule has 3 N–H and O–H groups in total. The second kappa shape index (κ2) is 5.58. The highest BCUT2D eigenvalue weighted by molar-refractivity contribution is 9.10. The molecule has 6 nitrogen and oxygen atoms in total. The molecule has 1 atom stereocenters. The zero-order valence-corrected chi connectivity index (χ0v) is 12.6. The van der Waals surface area contributed by atoms with Crippen molar-refractivity contribution in [2.75, 3.05) is 24.7 Å². The third-order valence-corrected chi connectivity index (χ3v) is 3.90. The number of hydrogen-bond donors (Lipinski definition) is 3. The standard InChI is InChI=1S/C11H14BrN3O3S/c1-19(17,18)14-5-4-13-10-8-6-7(12)2-3-9(8)15-11(10)16/h2-3,6,10,13-14H,4-5H2,1H3,(H,15,16). The number of amides is 1. The summed E-state index contributed by atoms with van der Waals surface area (Å²) >= 11 is 3.36. The summed E-state index contributed by atoms with van der Waals surface area (Å²) in [6.45, 7) is 0.614. The Kier molecular flexibility index (Phi) is 4.24. The van der Waals surface area contributed by atoms with E-state index in [-0.39, 0.29) is 12.5 Å². The molecule has 0 fully saturated rings. The Hall–Kier alpha value is -0.960. The van der Waals surface area contributed by atoms with Crippen molar-refractivity contribution in [2.24, 2.45) is 0 Å². The number of hydrogen-bond acceptors (Lipinski definition) is 4. The summed E-state index contributed by atoms with van der Waals surface area (Å²) in [7, 11) is -3.20. The van der Waals surface area contributed by atoms with Crippen LogP contribution in [0.4, 0.5) is 5.69 Å². The summed E-state index contributed by atoms with van der Waals surface area (Å²) in [6, 6.07) is 5.10. The van der Waals surface area contributed by atoms with Crippen molar-refractivity contribution < 1.29 is 13.2 Å². The van der Waals surface area contributed by atoms with E-state index >= 15 is 0 Å². The number of rotatable bonds is 5. The van der Waals surface area contributed by atoms with Gasteiger partial charge in [0.25, 0.3) is 0 Å². The fraction of sp³-hybridized carbons (Fsp3) is 0.364. The zero-order valence-electron chi connectivity index (χ0n) is 10.2. The van der Waals surface area contributed by atoms with Crippen LogP contribution in [0, 0.1) is 0 Å². The Morgan fingerprint density at radius 2 is 2.11 bits per heavy atom. The van der Waals surface area contributed by atoms with E-state index in [0.717, 1.165) is 22.0 Å². The number of nitrogens with one attached hydrogen (secondary N) is 3. The number of sulfonamides is 1. The van der Waals surface area contributed by atoms with Crippen LogP contribution < -0.4 is 15.4 Å². The molecule has 0 saturated heterocycles. The molecule has 0 spiro atoms. The Morgan fingerprint density at radius 3 is 2.79 bits per heavy atom. The van der Waals surface area contributed by atoms with Crippen LogP contribution in [-0.2, 0) is 14.8 Å². The molecule has 1 amide bonds. The third kappa shape index (κ3) is 3.75. The molecule has 1 aliphatic heterocycles. The second-order valence-electron chi connectivity index (χ2n) is 4.27. The van der Waals surface area contributed by atoms with E-state index in [4.69, 9.17) is 0 Å². The van der Waals surface area contributed by atoms with E-state index in [1.807, 2.05) is 18.2 Å². The summed E-state index contributed by atoms with van der Waals surface area (Å²) in [5, 5.41) is 5.80. The van der Waals surface area contributed by atoms with Gasteiger partial charge in [0.1, 0.15) is 6.04 Å². The van der Waals surface area contributed by atoms with Crippen LogP contribution in [-0.4, -0.2) is 33.7 Å². The highest BCUT2D eigenvalue weighted by Gasteiger charge is 2.29. The van der Waals surface area contributed by atoms with Gasteiger partial charge in [0.05, 0.1) is 6.26 Å². The van der Waals surface area contributed by atoms with E-state index in [1.165, 1.54) is 0 Å². The highest BCUT2D eigenvalue weighted by Crippen LogP contribution is 2.32. The predicted octanol–water partition coefficient (Wildman–Crippen LogP) is 0.581. The Bertz CT molecular complexity index is 603. The molecule has 1 unspecified atom stereocenters. The predicted molar refractivity (Wildman–Crippen MR) is 76.4 cm³/mol. The molecule has 0 bridgehead atoms. The first-order chi connectivity index (χ1) is 8.87. The normalized spacial score (nSPS) is 18.2. The quantitative estimate of drug-likeness (QED) is 0.680. The maximum absolute atomic E-state index is 11.8. The maximum atomic E-state index is 11.8. The average Bonchev–Trinajstić information content (AvgIpc) is 2.59. The number of carbonyl (C=O) groups is 1. The second-order valence-corrected chi connectivity index (χ2v) is 7.02. The van der Waals surface area contributed by atoms with Gasteiger partial charge in [0, 0.05) is 28.8 Å². The fourth-order valence-electron chi connectivity index (χ4n) is 1.89. The summed E-state index contributed by atoms with van der Waals surface area (Å²) in [6.07, 6.45) is 1.10. The van der Waals surface area contributed by atoms with Gasteiger partial charge in [-0.3, -0.25) is 4.79 Å². The highest BCUT2D eigenvalue weighted by atomic mass is 79.9. The van der Waals surface area contributed by atoms with E-state index in [0.29, 0.717) is 6.54 Å². The minimum absolute atomic E-state index is 0.132. The summed E-state index contributed by atoms with van der Waals surface area (Å²) < 4.78 is 25.1. The van der Waals surface area contributed by atoms with Crippen LogP contribution in [0.5, 0.6) is 0 Å². The zero-order chi connectivity index (χ0) is 14.0. The lowest BCUT2D eigenvalue weighted by molar-refractivity contribution is -0.117. The summed E-state index contributed by atoms with van der Waals surface area (Å²) in [4.78, 5) is 11.8. The molecule has 104 valence electrons. The summed E-state index contributed by atoms with van der Waals surface area (Å²) in [5.41, 5.74) is 1.64. The van der Waals surface area contributed by atoms with Crippen molar-refractivity contribution in [3.05, 3.63) is 28.2 Å². The van der Waals surface area contributed by atoms with Crippen LogP contribution >= 0.6 is 15.9 Å². The van der Waals surface area contributed by atoms with Gasteiger partial charge in [-0.1, -0.05) is 15.9 Å². The monoisotopic (exact) mass is 347 g/mol. The first-order valence-corrected chi connectivity index (χ1v) is 8.33. The van der Waals surface area contributed by atoms with Gasteiger partial charge in [-0.2, -0.15) is 0 Å². The molecule has 2 rings (SSSR count). The van der Waals surface area contributed by atoms with Crippen molar-refractivity contribution in [1.29, 1.82) is 0 Å². The summed E-state index contributed by atoms with van der Waals surface area (Å²) in [5.74, 6) is -0.132. The minimum Gasteiger partial charge on any atom is -0.324 e. The van der Waals surface area contributed by atoms with E-state index in [1.54, 1.807) is 0 Å². The van der Waals surface area contributed by atoms with Crippen molar-refractivity contribution in [2.45, 2.75) is 6.04 Å². The van der Waals surface area contributed by atoms with Gasteiger partial charge in [-0.25, -0.2) is 13.1 Å². The molecule has 0 saturated carbocycles. The van der Waals surface area contributed by atoms with E-state index in [2.05, 4.69) is 31.3 Å². The van der Waals surface area contributed by atoms with Gasteiger partial charge >= 0.3 is 0 Å². The number of benzene rings is 1. The smallest absolute Gasteiger partial charge is 0.246 e. The Labute approximate surface area is 120 Å². The molecule has 0 aromatic heterocycles. The van der Waals surface area contributed by atoms with Gasteiger partial charge in [0.15, 0.2) is 0 Å². The lowest BCUT2D eigenvalue weighted by atomic mass is 10.1. The molecule has 19 heavy (non-hydrogen) atoms. The van der Waals surface area contributed by atoms with Gasteiger partial charge in [-0.15, -0.1) is 0 Å². The van der Waals surface area contributed by atoms with Crippen molar-refractivity contribution >= 4 is 37.5 Å². The molecule has 1 aliphatic rings. The first-order valence-electron chi connectivity index (χ1n) is 5.65. The van der Waals surface area contributed by atoms with E-state index in [9.17, 15) is 13.2 Å².